The first-order valence-corrected chi connectivity index (χ1v) is 5.85. The van der Waals surface area contributed by atoms with E-state index in [1.54, 1.807) is 19.0 Å². The van der Waals surface area contributed by atoms with Crippen LogP contribution in [0.15, 0.2) is 6.33 Å². The summed E-state index contributed by atoms with van der Waals surface area (Å²) in [6.07, 6.45) is 2.28. The molecule has 100 valence electrons. The Balaban J connectivity index is 3.03. The Bertz CT molecular complexity index is 422. The smallest absolute Gasteiger partial charge is 0.353 e. The van der Waals surface area contributed by atoms with E-state index in [0.29, 0.717) is 11.7 Å². The molecule has 0 aliphatic rings. The van der Waals surface area contributed by atoms with Gasteiger partial charge in [0.25, 0.3) is 0 Å². The molecule has 7 heteroatoms. The molecule has 0 radical (unpaired) electrons. The van der Waals surface area contributed by atoms with Crippen LogP contribution >= 0.6 is 0 Å². The van der Waals surface area contributed by atoms with Crippen molar-refractivity contribution in [3.63, 3.8) is 0 Å². The lowest BCUT2D eigenvalue weighted by Crippen LogP contribution is -2.22. The molecule has 0 bridgehead atoms. The highest BCUT2D eigenvalue weighted by Crippen LogP contribution is 2.30. The van der Waals surface area contributed by atoms with E-state index in [2.05, 4.69) is 29.1 Å². The minimum atomic E-state index is -0.451. The Morgan fingerprint density at radius 2 is 2.17 bits per heavy atom. The lowest BCUT2D eigenvalue weighted by Gasteiger charge is -2.19. The second-order valence-electron chi connectivity index (χ2n) is 4.51. The molecule has 0 saturated carbocycles. The van der Waals surface area contributed by atoms with Crippen molar-refractivity contribution in [1.82, 2.24) is 9.97 Å². The number of hydrogen-bond acceptors (Lipinski definition) is 6. The third-order valence-corrected chi connectivity index (χ3v) is 2.63. The van der Waals surface area contributed by atoms with Gasteiger partial charge in [-0.05, 0) is 12.3 Å². The standard InChI is InChI=1S/C11H19N5O2/c1-8(2)5-6-15(4)11-9(16(17)18)10(12-3)13-7-14-11/h7-8H,5-6H2,1-4H3,(H,12,13,14). The van der Waals surface area contributed by atoms with Gasteiger partial charge in [0.15, 0.2) is 0 Å². The molecule has 1 N–H and O–H groups in total. The maximum atomic E-state index is 11.1. The van der Waals surface area contributed by atoms with Crippen molar-refractivity contribution in [3.8, 4) is 0 Å². The summed E-state index contributed by atoms with van der Waals surface area (Å²) in [5.41, 5.74) is -0.0775. The first-order valence-electron chi connectivity index (χ1n) is 5.85. The van der Waals surface area contributed by atoms with Crippen molar-refractivity contribution in [1.29, 1.82) is 0 Å². The molecule has 0 aromatic carbocycles. The van der Waals surface area contributed by atoms with E-state index in [0.717, 1.165) is 13.0 Å². The molecule has 0 saturated heterocycles. The van der Waals surface area contributed by atoms with Crippen molar-refractivity contribution < 1.29 is 4.92 Å². The van der Waals surface area contributed by atoms with E-state index in [-0.39, 0.29) is 11.5 Å². The Morgan fingerprint density at radius 3 is 2.67 bits per heavy atom. The van der Waals surface area contributed by atoms with E-state index < -0.39 is 4.92 Å². The maximum Gasteiger partial charge on any atom is 0.353 e. The van der Waals surface area contributed by atoms with Gasteiger partial charge in [-0.15, -0.1) is 0 Å². The third-order valence-electron chi connectivity index (χ3n) is 2.63. The molecule has 7 nitrogen and oxygen atoms in total. The summed E-state index contributed by atoms with van der Waals surface area (Å²) >= 11 is 0. The number of rotatable bonds is 6. The molecule has 0 spiro atoms. The van der Waals surface area contributed by atoms with E-state index in [9.17, 15) is 10.1 Å². The van der Waals surface area contributed by atoms with Crippen molar-refractivity contribution in [2.24, 2.45) is 5.92 Å². The average Bonchev–Trinajstić information content (AvgIpc) is 2.34. The molecular weight excluding hydrogens is 234 g/mol. The van der Waals surface area contributed by atoms with Gasteiger partial charge < -0.3 is 10.2 Å². The van der Waals surface area contributed by atoms with Gasteiger partial charge in [0.2, 0.25) is 11.6 Å². The molecule has 0 aliphatic heterocycles. The maximum absolute atomic E-state index is 11.1. The largest absolute Gasteiger partial charge is 0.367 e. The van der Waals surface area contributed by atoms with Crippen molar-refractivity contribution >= 4 is 17.3 Å². The monoisotopic (exact) mass is 253 g/mol. The number of nitrogens with one attached hydrogen (secondary N) is 1. The molecule has 0 fully saturated rings. The number of nitrogens with zero attached hydrogens (tertiary/aromatic N) is 4. The van der Waals surface area contributed by atoms with Crippen molar-refractivity contribution in [2.75, 3.05) is 30.9 Å². The number of hydrogen-bond donors (Lipinski definition) is 1. The Kier molecular flexibility index (Phi) is 4.82. The topological polar surface area (TPSA) is 84.2 Å². The van der Waals surface area contributed by atoms with Crippen molar-refractivity contribution in [3.05, 3.63) is 16.4 Å². The van der Waals surface area contributed by atoms with Gasteiger partial charge >= 0.3 is 5.69 Å². The van der Waals surface area contributed by atoms with Crippen LogP contribution in [0, 0.1) is 16.0 Å². The van der Waals surface area contributed by atoms with Crippen LogP contribution < -0.4 is 10.2 Å². The van der Waals surface area contributed by atoms with Crippen LogP contribution in [0.5, 0.6) is 0 Å². The average molecular weight is 253 g/mol. The number of aromatic nitrogens is 2. The minimum Gasteiger partial charge on any atom is -0.367 e. The molecule has 1 aromatic heterocycles. The zero-order valence-corrected chi connectivity index (χ0v) is 11.2. The Hall–Kier alpha value is -1.92. The summed E-state index contributed by atoms with van der Waals surface area (Å²) in [5, 5.41) is 13.8. The molecule has 0 atom stereocenters. The highest BCUT2D eigenvalue weighted by Gasteiger charge is 2.24. The number of nitro groups is 1. The first-order chi connectivity index (χ1) is 8.47. The zero-order chi connectivity index (χ0) is 13.7. The van der Waals surface area contributed by atoms with Gasteiger partial charge in [0.1, 0.15) is 6.33 Å². The van der Waals surface area contributed by atoms with Gasteiger partial charge in [0, 0.05) is 20.6 Å². The van der Waals surface area contributed by atoms with Crippen LogP contribution in [0.4, 0.5) is 17.3 Å². The molecule has 1 aromatic rings. The van der Waals surface area contributed by atoms with Gasteiger partial charge in [-0.2, -0.15) is 0 Å². The fourth-order valence-corrected chi connectivity index (χ4v) is 1.56. The minimum absolute atomic E-state index is 0.0775. The van der Waals surface area contributed by atoms with E-state index in [1.807, 2.05) is 0 Å². The fraction of sp³-hybridized carbons (Fsp3) is 0.636. The molecule has 0 amide bonds. The molecule has 1 heterocycles. The quantitative estimate of drug-likeness (QED) is 0.615. The highest BCUT2D eigenvalue weighted by molar-refractivity contribution is 5.69. The normalized spacial score (nSPS) is 10.5. The second-order valence-corrected chi connectivity index (χ2v) is 4.51. The molecular formula is C11H19N5O2. The predicted molar refractivity (Wildman–Crippen MR) is 71.0 cm³/mol. The van der Waals surface area contributed by atoms with Crippen LogP contribution in [0.25, 0.3) is 0 Å². The summed E-state index contributed by atoms with van der Waals surface area (Å²) in [7, 11) is 3.41. The third kappa shape index (κ3) is 3.28. The highest BCUT2D eigenvalue weighted by atomic mass is 16.6. The summed E-state index contributed by atoms with van der Waals surface area (Å²) in [5.74, 6) is 1.12. The van der Waals surface area contributed by atoms with Crippen molar-refractivity contribution in [2.45, 2.75) is 20.3 Å². The molecule has 18 heavy (non-hydrogen) atoms. The van der Waals surface area contributed by atoms with Gasteiger partial charge in [0.05, 0.1) is 4.92 Å². The van der Waals surface area contributed by atoms with Crippen LogP contribution in [0.2, 0.25) is 0 Å². The van der Waals surface area contributed by atoms with Gasteiger partial charge in [-0.25, -0.2) is 9.97 Å². The molecule has 0 aliphatic carbocycles. The van der Waals surface area contributed by atoms with Gasteiger partial charge in [-0.1, -0.05) is 13.8 Å². The summed E-state index contributed by atoms with van der Waals surface area (Å²) < 4.78 is 0. The first kappa shape index (κ1) is 14.1. The van der Waals surface area contributed by atoms with E-state index >= 15 is 0 Å². The fourth-order valence-electron chi connectivity index (χ4n) is 1.56. The lowest BCUT2D eigenvalue weighted by atomic mass is 10.1. The predicted octanol–water partition coefficient (Wildman–Crippen LogP) is 1.91. The Labute approximate surface area is 106 Å². The lowest BCUT2D eigenvalue weighted by molar-refractivity contribution is -0.383. The molecule has 0 unspecified atom stereocenters. The van der Waals surface area contributed by atoms with E-state index in [1.165, 1.54) is 6.33 Å². The van der Waals surface area contributed by atoms with Crippen LogP contribution in [-0.2, 0) is 0 Å². The van der Waals surface area contributed by atoms with Crippen LogP contribution in [0.1, 0.15) is 20.3 Å². The van der Waals surface area contributed by atoms with Crippen LogP contribution in [0.3, 0.4) is 0 Å². The zero-order valence-electron chi connectivity index (χ0n) is 11.2. The SMILES string of the molecule is CNc1ncnc(N(C)CCC(C)C)c1[N+](=O)[O-]. The van der Waals surface area contributed by atoms with Gasteiger partial charge in [-0.3, -0.25) is 10.1 Å². The Morgan fingerprint density at radius 1 is 1.50 bits per heavy atom. The van der Waals surface area contributed by atoms with E-state index in [4.69, 9.17) is 0 Å². The summed E-state index contributed by atoms with van der Waals surface area (Å²) in [6, 6.07) is 0. The summed E-state index contributed by atoms with van der Waals surface area (Å²) in [4.78, 5) is 20.3. The second kappa shape index (κ2) is 6.13. The number of anilines is 2. The molecule has 1 rings (SSSR count). The summed E-state index contributed by atoms with van der Waals surface area (Å²) in [6.45, 7) is 4.95. The van der Waals surface area contributed by atoms with Crippen LogP contribution in [-0.4, -0.2) is 35.5 Å².